The van der Waals surface area contributed by atoms with Crippen molar-refractivity contribution in [2.45, 2.75) is 6.92 Å². The molecule has 0 aliphatic rings. The van der Waals surface area contributed by atoms with Gasteiger partial charge in [0.05, 0.1) is 11.5 Å². The first-order chi connectivity index (χ1) is 11.2. The number of nitro groups is 1. The Balaban J connectivity index is 2.09. The number of hydrogen-bond donors (Lipinski definition) is 0. The van der Waals surface area contributed by atoms with Crippen LogP contribution in [0.1, 0.15) is 6.92 Å². The van der Waals surface area contributed by atoms with Crippen molar-refractivity contribution in [2.75, 3.05) is 6.61 Å². The number of para-hydroxylation sites is 1. The largest absolute Gasteiger partial charge is 0.473 e. The average Bonchev–Trinajstić information content (AvgIpc) is 2.55. The highest BCUT2D eigenvalue weighted by atomic mass is 16.6. The lowest BCUT2D eigenvalue weighted by Crippen LogP contribution is -2.03. The number of aromatic nitrogens is 3. The van der Waals surface area contributed by atoms with E-state index in [-0.39, 0.29) is 18.4 Å². The molecule has 0 atom stereocenters. The van der Waals surface area contributed by atoms with Crippen molar-refractivity contribution >= 4 is 16.6 Å². The molecule has 0 bridgehead atoms. The van der Waals surface area contributed by atoms with Gasteiger partial charge in [0.2, 0.25) is 0 Å². The summed E-state index contributed by atoms with van der Waals surface area (Å²) in [4.78, 5) is 22.6. The quantitative estimate of drug-likeness (QED) is 0.527. The highest BCUT2D eigenvalue weighted by Gasteiger charge is 2.26. The van der Waals surface area contributed by atoms with E-state index in [0.717, 1.165) is 11.7 Å². The average molecular weight is 312 g/mol. The molecule has 0 saturated heterocycles. The standard InChI is InChI=1S/C15H12N4O4/c1-2-22-14-13(19(20)21)15(18-9-17-14)23-11-7-3-5-10-6-4-8-16-12(10)11/h3-9H,2H2,1H3. The molecule has 0 aliphatic heterocycles. The van der Waals surface area contributed by atoms with E-state index in [2.05, 4.69) is 15.0 Å². The first-order valence-electron chi connectivity index (χ1n) is 6.84. The van der Waals surface area contributed by atoms with Gasteiger partial charge in [0, 0.05) is 11.6 Å². The van der Waals surface area contributed by atoms with Crippen molar-refractivity contribution in [3.8, 4) is 17.5 Å². The number of benzene rings is 1. The lowest BCUT2D eigenvalue weighted by Gasteiger charge is -2.09. The molecule has 0 fully saturated rings. The summed E-state index contributed by atoms with van der Waals surface area (Å²) < 4.78 is 10.8. The third-order valence-corrected chi connectivity index (χ3v) is 3.02. The molecule has 2 aromatic heterocycles. The Labute approximate surface area is 130 Å². The van der Waals surface area contributed by atoms with Crippen LogP contribution in [-0.4, -0.2) is 26.5 Å². The summed E-state index contributed by atoms with van der Waals surface area (Å²) in [5.41, 5.74) is 0.170. The maximum absolute atomic E-state index is 11.3. The summed E-state index contributed by atoms with van der Waals surface area (Å²) >= 11 is 0. The fourth-order valence-corrected chi connectivity index (χ4v) is 2.08. The highest BCUT2D eigenvalue weighted by Crippen LogP contribution is 2.37. The predicted octanol–water partition coefficient (Wildman–Crippen LogP) is 3.12. The van der Waals surface area contributed by atoms with Gasteiger partial charge in [-0.1, -0.05) is 18.2 Å². The maximum Gasteiger partial charge on any atom is 0.392 e. The van der Waals surface area contributed by atoms with Gasteiger partial charge in [0.15, 0.2) is 5.75 Å². The summed E-state index contributed by atoms with van der Waals surface area (Å²) in [6.45, 7) is 1.95. The summed E-state index contributed by atoms with van der Waals surface area (Å²) in [7, 11) is 0. The predicted molar refractivity (Wildman–Crippen MR) is 81.7 cm³/mol. The summed E-state index contributed by atoms with van der Waals surface area (Å²) in [5, 5.41) is 12.2. The van der Waals surface area contributed by atoms with Gasteiger partial charge in [-0.15, -0.1) is 0 Å². The molecular weight excluding hydrogens is 300 g/mol. The third-order valence-electron chi connectivity index (χ3n) is 3.02. The molecule has 0 amide bonds. The van der Waals surface area contributed by atoms with Gasteiger partial charge in [0.1, 0.15) is 11.8 Å². The van der Waals surface area contributed by atoms with E-state index in [4.69, 9.17) is 9.47 Å². The molecule has 0 unspecified atom stereocenters. The molecule has 3 aromatic rings. The number of rotatable bonds is 5. The summed E-state index contributed by atoms with van der Waals surface area (Å²) in [6.07, 6.45) is 2.78. The topological polar surface area (TPSA) is 100 Å². The van der Waals surface area contributed by atoms with Crippen LogP contribution in [0, 0.1) is 10.1 Å². The van der Waals surface area contributed by atoms with E-state index in [1.807, 2.05) is 12.1 Å². The Morgan fingerprint density at radius 3 is 2.70 bits per heavy atom. The molecular formula is C15H12N4O4. The zero-order valence-electron chi connectivity index (χ0n) is 12.2. The lowest BCUT2D eigenvalue weighted by atomic mass is 10.2. The van der Waals surface area contributed by atoms with Crippen LogP contribution in [0.2, 0.25) is 0 Å². The first kappa shape index (κ1) is 14.6. The molecule has 23 heavy (non-hydrogen) atoms. The molecule has 2 heterocycles. The Kier molecular flexibility index (Phi) is 3.96. The van der Waals surface area contributed by atoms with Crippen LogP contribution >= 0.6 is 0 Å². The highest BCUT2D eigenvalue weighted by molar-refractivity contribution is 5.84. The second-order valence-corrected chi connectivity index (χ2v) is 4.46. The van der Waals surface area contributed by atoms with Crippen LogP contribution in [-0.2, 0) is 0 Å². The second-order valence-electron chi connectivity index (χ2n) is 4.46. The molecule has 0 radical (unpaired) electrons. The van der Waals surface area contributed by atoms with Gasteiger partial charge in [-0.3, -0.25) is 15.1 Å². The van der Waals surface area contributed by atoms with Gasteiger partial charge in [-0.2, -0.15) is 9.97 Å². The zero-order chi connectivity index (χ0) is 16.2. The van der Waals surface area contributed by atoms with Crippen molar-refractivity contribution in [3.63, 3.8) is 0 Å². The number of fused-ring (bicyclic) bond motifs is 1. The van der Waals surface area contributed by atoms with E-state index in [1.165, 1.54) is 0 Å². The maximum atomic E-state index is 11.3. The monoisotopic (exact) mass is 312 g/mol. The molecule has 0 N–H and O–H groups in total. The van der Waals surface area contributed by atoms with Gasteiger partial charge in [0.25, 0.3) is 0 Å². The molecule has 1 aromatic carbocycles. The number of nitrogens with zero attached hydrogens (tertiary/aromatic N) is 4. The molecule has 0 saturated carbocycles. The Morgan fingerprint density at radius 1 is 1.13 bits per heavy atom. The first-order valence-corrected chi connectivity index (χ1v) is 6.84. The number of ether oxygens (including phenoxy) is 2. The number of hydrogen-bond acceptors (Lipinski definition) is 7. The van der Waals surface area contributed by atoms with Gasteiger partial charge < -0.3 is 9.47 Å². The van der Waals surface area contributed by atoms with Crippen LogP contribution in [0.5, 0.6) is 17.5 Å². The van der Waals surface area contributed by atoms with Crippen molar-refractivity contribution in [1.82, 2.24) is 15.0 Å². The van der Waals surface area contributed by atoms with Gasteiger partial charge in [-0.25, -0.2) is 0 Å². The molecule has 116 valence electrons. The Bertz CT molecular complexity index is 864. The van der Waals surface area contributed by atoms with E-state index >= 15 is 0 Å². The Morgan fingerprint density at radius 2 is 1.91 bits per heavy atom. The van der Waals surface area contributed by atoms with Crippen LogP contribution in [0.25, 0.3) is 10.9 Å². The molecule has 3 rings (SSSR count). The van der Waals surface area contributed by atoms with E-state index in [9.17, 15) is 10.1 Å². The minimum absolute atomic E-state index is 0.129. The van der Waals surface area contributed by atoms with Crippen molar-refractivity contribution in [1.29, 1.82) is 0 Å². The molecule has 0 aliphatic carbocycles. The second kappa shape index (κ2) is 6.22. The summed E-state index contributed by atoms with van der Waals surface area (Å²) in [6, 6.07) is 8.98. The molecule has 0 spiro atoms. The smallest absolute Gasteiger partial charge is 0.392 e. The molecule has 8 heteroatoms. The molecule has 8 nitrogen and oxygen atoms in total. The van der Waals surface area contributed by atoms with Gasteiger partial charge >= 0.3 is 17.4 Å². The summed E-state index contributed by atoms with van der Waals surface area (Å²) in [5.74, 6) is 0.0506. The van der Waals surface area contributed by atoms with Crippen LogP contribution in [0.15, 0.2) is 42.9 Å². The minimum Gasteiger partial charge on any atom is -0.473 e. The third kappa shape index (κ3) is 2.86. The van der Waals surface area contributed by atoms with Crippen molar-refractivity contribution in [3.05, 3.63) is 53.0 Å². The van der Waals surface area contributed by atoms with Crippen molar-refractivity contribution < 1.29 is 14.4 Å². The van der Waals surface area contributed by atoms with E-state index in [0.29, 0.717) is 11.3 Å². The van der Waals surface area contributed by atoms with E-state index in [1.54, 1.807) is 31.3 Å². The van der Waals surface area contributed by atoms with Crippen LogP contribution in [0.4, 0.5) is 5.69 Å². The van der Waals surface area contributed by atoms with Gasteiger partial charge in [-0.05, 0) is 19.1 Å². The fraction of sp³-hybridized carbons (Fsp3) is 0.133. The van der Waals surface area contributed by atoms with Crippen LogP contribution in [0.3, 0.4) is 0 Å². The normalized spacial score (nSPS) is 10.5. The minimum atomic E-state index is -0.626. The zero-order valence-corrected chi connectivity index (χ0v) is 12.2. The van der Waals surface area contributed by atoms with Crippen LogP contribution < -0.4 is 9.47 Å². The number of pyridine rings is 1. The SMILES string of the molecule is CCOc1ncnc(Oc2cccc3cccnc23)c1[N+](=O)[O-]. The lowest BCUT2D eigenvalue weighted by molar-refractivity contribution is -0.387. The Hall–Kier alpha value is -3.29. The van der Waals surface area contributed by atoms with E-state index < -0.39 is 10.6 Å². The fourth-order valence-electron chi connectivity index (χ4n) is 2.08. The van der Waals surface area contributed by atoms with Crippen molar-refractivity contribution in [2.24, 2.45) is 0 Å².